The molecule has 2 aromatic rings. The quantitative estimate of drug-likeness (QED) is 0.758. The van der Waals surface area contributed by atoms with E-state index >= 15 is 0 Å². The molecule has 0 radical (unpaired) electrons. The molecule has 3 rings (SSSR count). The summed E-state index contributed by atoms with van der Waals surface area (Å²) in [4.78, 5) is 29.4. The van der Waals surface area contributed by atoms with Gasteiger partial charge < -0.3 is 24.6 Å². The van der Waals surface area contributed by atoms with Crippen LogP contribution in [0.2, 0.25) is 0 Å². The summed E-state index contributed by atoms with van der Waals surface area (Å²) in [6, 6.07) is 14.2. The minimum atomic E-state index is -0.606. The van der Waals surface area contributed by atoms with E-state index in [1.54, 1.807) is 43.2 Å². The predicted molar refractivity (Wildman–Crippen MR) is 116 cm³/mol. The Labute approximate surface area is 177 Å². The fourth-order valence-corrected chi connectivity index (χ4v) is 3.54. The monoisotopic (exact) mass is 411 g/mol. The van der Waals surface area contributed by atoms with Gasteiger partial charge in [-0.3, -0.25) is 9.59 Å². The van der Waals surface area contributed by atoms with Crippen molar-refractivity contribution in [1.82, 2.24) is 10.2 Å². The maximum atomic E-state index is 12.8. The highest BCUT2D eigenvalue weighted by Gasteiger charge is 2.27. The summed E-state index contributed by atoms with van der Waals surface area (Å²) in [5.74, 6) is 1.09. The van der Waals surface area contributed by atoms with Crippen LogP contribution < -0.4 is 19.7 Å². The van der Waals surface area contributed by atoms with Gasteiger partial charge >= 0.3 is 0 Å². The first kappa shape index (κ1) is 21.5. The van der Waals surface area contributed by atoms with Crippen LogP contribution in [0.3, 0.4) is 0 Å². The molecule has 2 amide bonds. The first-order chi connectivity index (χ1) is 14.5. The van der Waals surface area contributed by atoms with Crippen molar-refractivity contribution in [2.24, 2.45) is 0 Å². The number of rotatable bonds is 7. The van der Waals surface area contributed by atoms with E-state index < -0.39 is 6.04 Å². The zero-order valence-corrected chi connectivity index (χ0v) is 17.8. The third-order valence-corrected chi connectivity index (χ3v) is 5.15. The predicted octanol–water partition coefficient (Wildman–Crippen LogP) is 2.56. The van der Waals surface area contributed by atoms with Crippen LogP contribution in [0.4, 0.5) is 5.69 Å². The number of ether oxygens (including phenoxy) is 2. The largest absolute Gasteiger partial charge is 0.497 e. The maximum absolute atomic E-state index is 12.8. The van der Waals surface area contributed by atoms with Crippen molar-refractivity contribution in [2.45, 2.75) is 19.9 Å². The molecule has 160 valence electrons. The van der Waals surface area contributed by atoms with Crippen LogP contribution in [0, 0.1) is 0 Å². The molecular weight excluding hydrogens is 382 g/mol. The van der Waals surface area contributed by atoms with Crippen molar-refractivity contribution in [3.05, 3.63) is 54.1 Å². The van der Waals surface area contributed by atoms with Crippen LogP contribution in [0.25, 0.3) is 0 Å². The Morgan fingerprint density at radius 2 is 1.80 bits per heavy atom. The molecule has 1 unspecified atom stereocenters. The van der Waals surface area contributed by atoms with Gasteiger partial charge in [-0.25, -0.2) is 0 Å². The van der Waals surface area contributed by atoms with E-state index in [-0.39, 0.29) is 11.8 Å². The number of piperazine rings is 1. The Balaban J connectivity index is 1.56. The molecule has 0 aromatic heterocycles. The Bertz CT molecular complexity index is 878. The number of hydrogen-bond donors (Lipinski definition) is 1. The molecule has 2 aromatic carbocycles. The lowest BCUT2D eigenvalue weighted by molar-refractivity contribution is -0.133. The fraction of sp³-hybridized carbons (Fsp3) is 0.391. The SMILES string of the molecule is CCOc1ccccc1N1CCN(C(=O)C(C)NC(=O)c2cccc(OC)c2)CC1. The van der Waals surface area contributed by atoms with Crippen LogP contribution in [0.5, 0.6) is 11.5 Å². The molecule has 1 saturated heterocycles. The van der Waals surface area contributed by atoms with Gasteiger partial charge in [-0.2, -0.15) is 0 Å². The van der Waals surface area contributed by atoms with Crippen molar-refractivity contribution in [3.63, 3.8) is 0 Å². The second kappa shape index (κ2) is 10.0. The van der Waals surface area contributed by atoms with Gasteiger partial charge in [-0.05, 0) is 44.2 Å². The molecular formula is C23H29N3O4. The minimum absolute atomic E-state index is 0.0796. The molecule has 0 saturated carbocycles. The van der Waals surface area contributed by atoms with Crippen LogP contribution in [0.15, 0.2) is 48.5 Å². The van der Waals surface area contributed by atoms with Crippen LogP contribution in [0.1, 0.15) is 24.2 Å². The third kappa shape index (κ3) is 5.03. The van der Waals surface area contributed by atoms with E-state index in [0.717, 1.165) is 11.4 Å². The smallest absolute Gasteiger partial charge is 0.252 e. The number of anilines is 1. The molecule has 0 bridgehead atoms. The number of carbonyl (C=O) groups is 2. The molecule has 1 aliphatic rings. The van der Waals surface area contributed by atoms with Crippen molar-refractivity contribution in [3.8, 4) is 11.5 Å². The van der Waals surface area contributed by atoms with Gasteiger partial charge in [0.2, 0.25) is 5.91 Å². The molecule has 1 aliphatic heterocycles. The molecule has 30 heavy (non-hydrogen) atoms. The lowest BCUT2D eigenvalue weighted by Crippen LogP contribution is -2.54. The van der Waals surface area contributed by atoms with E-state index in [4.69, 9.17) is 9.47 Å². The normalized spacial score (nSPS) is 14.8. The minimum Gasteiger partial charge on any atom is -0.497 e. The van der Waals surface area contributed by atoms with Gasteiger partial charge in [-0.1, -0.05) is 18.2 Å². The molecule has 0 spiro atoms. The number of hydrogen-bond acceptors (Lipinski definition) is 5. The molecule has 1 atom stereocenters. The fourth-order valence-electron chi connectivity index (χ4n) is 3.54. The van der Waals surface area contributed by atoms with Crippen LogP contribution in [-0.2, 0) is 4.79 Å². The second-order valence-corrected chi connectivity index (χ2v) is 7.14. The Hall–Kier alpha value is -3.22. The molecule has 7 nitrogen and oxygen atoms in total. The number of nitrogens with zero attached hydrogens (tertiary/aromatic N) is 2. The zero-order chi connectivity index (χ0) is 21.5. The highest BCUT2D eigenvalue weighted by atomic mass is 16.5. The zero-order valence-electron chi connectivity index (χ0n) is 17.8. The van der Waals surface area contributed by atoms with Crippen molar-refractivity contribution in [1.29, 1.82) is 0 Å². The number of para-hydroxylation sites is 2. The van der Waals surface area contributed by atoms with Crippen molar-refractivity contribution >= 4 is 17.5 Å². The summed E-state index contributed by atoms with van der Waals surface area (Å²) >= 11 is 0. The first-order valence-electron chi connectivity index (χ1n) is 10.2. The number of carbonyl (C=O) groups excluding carboxylic acids is 2. The number of methoxy groups -OCH3 is 1. The summed E-state index contributed by atoms with van der Waals surface area (Å²) in [7, 11) is 1.55. The van der Waals surface area contributed by atoms with Crippen molar-refractivity contribution < 1.29 is 19.1 Å². The first-order valence-corrected chi connectivity index (χ1v) is 10.2. The van der Waals surface area contributed by atoms with E-state index in [2.05, 4.69) is 10.2 Å². The molecule has 7 heteroatoms. The lowest BCUT2D eigenvalue weighted by atomic mass is 10.1. The van der Waals surface area contributed by atoms with E-state index in [0.29, 0.717) is 44.1 Å². The van der Waals surface area contributed by atoms with Gasteiger partial charge in [0, 0.05) is 31.7 Å². The number of benzene rings is 2. The van der Waals surface area contributed by atoms with Gasteiger partial charge in [0.1, 0.15) is 17.5 Å². The Morgan fingerprint density at radius 1 is 1.07 bits per heavy atom. The van der Waals surface area contributed by atoms with Crippen molar-refractivity contribution in [2.75, 3.05) is 44.8 Å². The highest BCUT2D eigenvalue weighted by Crippen LogP contribution is 2.28. The van der Waals surface area contributed by atoms with E-state index in [1.165, 1.54) is 0 Å². The Morgan fingerprint density at radius 3 is 2.50 bits per heavy atom. The third-order valence-electron chi connectivity index (χ3n) is 5.15. The van der Waals surface area contributed by atoms with Gasteiger partial charge in [-0.15, -0.1) is 0 Å². The van der Waals surface area contributed by atoms with Crippen LogP contribution >= 0.6 is 0 Å². The van der Waals surface area contributed by atoms with E-state index in [9.17, 15) is 9.59 Å². The Kier molecular flexibility index (Phi) is 7.17. The highest BCUT2D eigenvalue weighted by molar-refractivity contribution is 5.97. The molecule has 0 aliphatic carbocycles. The summed E-state index contributed by atoms with van der Waals surface area (Å²) in [5.41, 5.74) is 1.51. The topological polar surface area (TPSA) is 71.1 Å². The maximum Gasteiger partial charge on any atom is 0.252 e. The summed E-state index contributed by atoms with van der Waals surface area (Å²) in [6.07, 6.45) is 0. The van der Waals surface area contributed by atoms with Gasteiger partial charge in [0.05, 0.1) is 19.4 Å². The molecule has 1 fully saturated rings. The second-order valence-electron chi connectivity index (χ2n) is 7.14. The number of amides is 2. The standard InChI is InChI=1S/C23H29N3O4/c1-4-30-21-11-6-5-10-20(21)25-12-14-26(15-13-25)23(28)17(2)24-22(27)18-8-7-9-19(16-18)29-3/h5-11,16-17H,4,12-15H2,1-3H3,(H,24,27). The summed E-state index contributed by atoms with van der Waals surface area (Å²) in [5, 5.41) is 2.79. The van der Waals surface area contributed by atoms with Gasteiger partial charge in [0.15, 0.2) is 0 Å². The van der Waals surface area contributed by atoms with Gasteiger partial charge in [0.25, 0.3) is 5.91 Å². The number of nitrogens with one attached hydrogen (secondary N) is 1. The average molecular weight is 412 g/mol. The summed E-state index contributed by atoms with van der Waals surface area (Å²) in [6.45, 7) is 6.92. The van der Waals surface area contributed by atoms with E-state index in [1.807, 2.05) is 31.2 Å². The molecule has 1 N–H and O–H groups in total. The lowest BCUT2D eigenvalue weighted by Gasteiger charge is -2.37. The average Bonchev–Trinajstić information content (AvgIpc) is 2.79. The van der Waals surface area contributed by atoms with Crippen LogP contribution in [-0.4, -0.2) is 62.7 Å². The molecule has 1 heterocycles. The summed E-state index contributed by atoms with van der Waals surface area (Å²) < 4.78 is 10.9.